The lowest BCUT2D eigenvalue weighted by molar-refractivity contribution is -0.140. The van der Waals surface area contributed by atoms with E-state index in [0.29, 0.717) is 17.5 Å². The molecule has 1 unspecified atom stereocenters. The highest BCUT2D eigenvalue weighted by atomic mass is 19.4. The minimum absolute atomic E-state index is 0.0793. The van der Waals surface area contributed by atoms with E-state index in [1.54, 1.807) is 13.8 Å². The number of nitrogens with two attached hydrogens (primary N) is 1. The number of alkyl halides is 3. The molecule has 0 spiro atoms. The van der Waals surface area contributed by atoms with Crippen molar-refractivity contribution in [3.05, 3.63) is 41.0 Å². The zero-order valence-corrected chi connectivity index (χ0v) is 10.7. The summed E-state index contributed by atoms with van der Waals surface area (Å²) in [6.07, 6.45) is -4.77. The molecule has 20 heavy (non-hydrogen) atoms. The summed E-state index contributed by atoms with van der Waals surface area (Å²) in [7, 11) is 0. The van der Waals surface area contributed by atoms with Crippen molar-refractivity contribution in [1.29, 1.82) is 0 Å². The van der Waals surface area contributed by atoms with Crippen LogP contribution in [0.25, 0.3) is 5.69 Å². The van der Waals surface area contributed by atoms with Gasteiger partial charge in [0.25, 0.3) is 0 Å². The van der Waals surface area contributed by atoms with E-state index in [2.05, 4.69) is 10.3 Å². The van der Waals surface area contributed by atoms with Gasteiger partial charge in [-0.1, -0.05) is 5.21 Å². The van der Waals surface area contributed by atoms with Gasteiger partial charge in [0.15, 0.2) is 0 Å². The highest BCUT2D eigenvalue weighted by molar-refractivity contribution is 5.39. The van der Waals surface area contributed by atoms with Crippen molar-refractivity contribution in [2.24, 2.45) is 5.73 Å². The monoisotopic (exact) mass is 288 g/mol. The Labute approximate surface area is 112 Å². The molecule has 1 aromatic carbocycles. The average Bonchev–Trinajstić information content (AvgIpc) is 2.70. The van der Waals surface area contributed by atoms with Gasteiger partial charge in [0, 0.05) is 6.04 Å². The summed E-state index contributed by atoms with van der Waals surface area (Å²) in [4.78, 5) is 0. The van der Waals surface area contributed by atoms with Crippen LogP contribution in [0.4, 0.5) is 17.6 Å². The fraction of sp³-hybridized carbons (Fsp3) is 0.333. The first-order chi connectivity index (χ1) is 9.21. The zero-order valence-electron chi connectivity index (χ0n) is 10.7. The van der Waals surface area contributed by atoms with Gasteiger partial charge in [0.2, 0.25) is 0 Å². The van der Waals surface area contributed by atoms with Crippen molar-refractivity contribution in [2.75, 3.05) is 0 Å². The van der Waals surface area contributed by atoms with E-state index >= 15 is 0 Å². The van der Waals surface area contributed by atoms with Crippen molar-refractivity contribution in [3.8, 4) is 5.69 Å². The van der Waals surface area contributed by atoms with Crippen LogP contribution >= 0.6 is 0 Å². The number of aromatic nitrogens is 3. The Morgan fingerprint density at radius 3 is 2.45 bits per heavy atom. The summed E-state index contributed by atoms with van der Waals surface area (Å²) in [6, 6.07) is 2.26. The van der Waals surface area contributed by atoms with Gasteiger partial charge in [0.1, 0.15) is 11.5 Å². The van der Waals surface area contributed by atoms with Crippen LogP contribution in [-0.2, 0) is 6.18 Å². The van der Waals surface area contributed by atoms with Crippen LogP contribution in [0.1, 0.15) is 29.9 Å². The van der Waals surface area contributed by atoms with Gasteiger partial charge in [-0.25, -0.2) is 9.07 Å². The van der Waals surface area contributed by atoms with E-state index in [9.17, 15) is 17.6 Å². The van der Waals surface area contributed by atoms with Gasteiger partial charge in [-0.2, -0.15) is 13.2 Å². The van der Waals surface area contributed by atoms with Crippen molar-refractivity contribution in [3.63, 3.8) is 0 Å². The molecule has 1 atom stereocenters. The minimum Gasteiger partial charge on any atom is -0.323 e. The highest BCUT2D eigenvalue weighted by Crippen LogP contribution is 2.32. The van der Waals surface area contributed by atoms with Crippen molar-refractivity contribution >= 4 is 0 Å². The summed E-state index contributed by atoms with van der Waals surface area (Å²) in [5.74, 6) is -1.33. The van der Waals surface area contributed by atoms with Gasteiger partial charge in [-0.15, -0.1) is 5.10 Å². The van der Waals surface area contributed by atoms with E-state index < -0.39 is 23.6 Å². The second kappa shape index (κ2) is 4.86. The molecule has 0 aliphatic rings. The van der Waals surface area contributed by atoms with Crippen molar-refractivity contribution in [2.45, 2.75) is 26.1 Å². The van der Waals surface area contributed by atoms with Crippen molar-refractivity contribution in [1.82, 2.24) is 15.0 Å². The second-order valence-electron chi connectivity index (χ2n) is 4.42. The van der Waals surface area contributed by atoms with Gasteiger partial charge in [-0.05, 0) is 32.0 Å². The SMILES string of the molecule is Cc1c(C(C)N)nnn1-c1ccc(F)c(C(F)(F)F)c1. The standard InChI is InChI=1S/C12H12F4N4/c1-6(17)11-7(2)20(19-18-11)8-3-4-10(13)9(5-8)12(14,15)16/h3-6H,17H2,1-2H3. The predicted molar refractivity (Wildman–Crippen MR) is 63.7 cm³/mol. The third-order valence-corrected chi connectivity index (χ3v) is 2.86. The van der Waals surface area contributed by atoms with Crippen LogP contribution in [-0.4, -0.2) is 15.0 Å². The van der Waals surface area contributed by atoms with Crippen LogP contribution < -0.4 is 5.73 Å². The molecule has 108 valence electrons. The lowest BCUT2D eigenvalue weighted by Gasteiger charge is -2.11. The molecule has 0 saturated heterocycles. The molecule has 2 aromatic rings. The van der Waals surface area contributed by atoms with Gasteiger partial charge in [-0.3, -0.25) is 0 Å². The Morgan fingerprint density at radius 1 is 1.30 bits per heavy atom. The fourth-order valence-electron chi connectivity index (χ4n) is 1.87. The average molecular weight is 288 g/mol. The van der Waals surface area contributed by atoms with Crippen LogP contribution in [0.15, 0.2) is 18.2 Å². The smallest absolute Gasteiger partial charge is 0.323 e. The first kappa shape index (κ1) is 14.4. The summed E-state index contributed by atoms with van der Waals surface area (Å²) < 4.78 is 52.5. The number of rotatable bonds is 2. The molecule has 8 heteroatoms. The summed E-state index contributed by atoms with van der Waals surface area (Å²) in [5.41, 5.74) is 5.40. The minimum atomic E-state index is -4.77. The number of nitrogens with zero attached hydrogens (tertiary/aromatic N) is 3. The summed E-state index contributed by atoms with van der Waals surface area (Å²) in [5, 5.41) is 7.58. The molecule has 2 rings (SSSR count). The number of hydrogen-bond donors (Lipinski definition) is 1. The van der Waals surface area contributed by atoms with Gasteiger partial charge >= 0.3 is 6.18 Å². The van der Waals surface area contributed by atoms with E-state index in [1.165, 1.54) is 10.7 Å². The van der Waals surface area contributed by atoms with E-state index in [4.69, 9.17) is 5.73 Å². The van der Waals surface area contributed by atoms with Crippen LogP contribution in [0.2, 0.25) is 0 Å². The normalized spacial score (nSPS) is 13.6. The highest BCUT2D eigenvalue weighted by Gasteiger charge is 2.34. The summed E-state index contributed by atoms with van der Waals surface area (Å²) in [6.45, 7) is 3.32. The lowest BCUT2D eigenvalue weighted by Crippen LogP contribution is -2.11. The first-order valence-corrected chi connectivity index (χ1v) is 5.76. The molecule has 0 bridgehead atoms. The summed E-state index contributed by atoms with van der Waals surface area (Å²) >= 11 is 0. The Morgan fingerprint density at radius 2 is 1.95 bits per heavy atom. The van der Waals surface area contributed by atoms with E-state index in [1.807, 2.05) is 0 Å². The molecule has 0 saturated carbocycles. The van der Waals surface area contributed by atoms with Crippen LogP contribution in [0.3, 0.4) is 0 Å². The molecule has 0 amide bonds. The van der Waals surface area contributed by atoms with Gasteiger partial charge in [0.05, 0.1) is 16.9 Å². The molecule has 4 nitrogen and oxygen atoms in total. The van der Waals surface area contributed by atoms with Crippen LogP contribution in [0, 0.1) is 12.7 Å². The largest absolute Gasteiger partial charge is 0.419 e. The maximum absolute atomic E-state index is 13.2. The Bertz CT molecular complexity index is 631. The number of halogens is 4. The van der Waals surface area contributed by atoms with E-state index in [0.717, 1.165) is 6.07 Å². The molecular weight excluding hydrogens is 276 g/mol. The molecule has 0 aliphatic carbocycles. The molecule has 0 aliphatic heterocycles. The molecule has 1 heterocycles. The topological polar surface area (TPSA) is 56.7 Å². The molecule has 2 N–H and O–H groups in total. The number of hydrogen-bond acceptors (Lipinski definition) is 3. The van der Waals surface area contributed by atoms with E-state index in [-0.39, 0.29) is 5.69 Å². The maximum atomic E-state index is 13.2. The third kappa shape index (κ3) is 2.51. The molecule has 0 radical (unpaired) electrons. The Kier molecular flexibility index (Phi) is 3.51. The molecule has 0 fully saturated rings. The predicted octanol–water partition coefficient (Wildman–Crippen LogP) is 2.75. The molecule has 1 aromatic heterocycles. The maximum Gasteiger partial charge on any atom is 0.419 e. The third-order valence-electron chi connectivity index (χ3n) is 2.86. The fourth-order valence-corrected chi connectivity index (χ4v) is 1.87. The molecular formula is C12H12F4N4. The lowest BCUT2D eigenvalue weighted by atomic mass is 10.1. The van der Waals surface area contributed by atoms with Crippen LogP contribution in [0.5, 0.6) is 0 Å². The Hall–Kier alpha value is -1.96. The Balaban J connectivity index is 2.55. The first-order valence-electron chi connectivity index (χ1n) is 5.76. The quantitative estimate of drug-likeness (QED) is 0.864. The van der Waals surface area contributed by atoms with Gasteiger partial charge < -0.3 is 5.73 Å². The van der Waals surface area contributed by atoms with Crippen molar-refractivity contribution < 1.29 is 17.6 Å². The second-order valence-corrected chi connectivity index (χ2v) is 4.42. The zero-order chi connectivity index (χ0) is 15.1. The number of benzene rings is 1.